The first-order valence-electron chi connectivity index (χ1n) is 5.65. The number of ether oxygens (including phenoxy) is 2. The minimum Gasteiger partial charge on any atom is -0.497 e. The maximum atomic E-state index is 12.1. The number of carbonyl (C=O) groups excluding carboxylic acids is 1. The van der Waals surface area contributed by atoms with Crippen molar-refractivity contribution in [2.75, 3.05) is 34.4 Å². The van der Waals surface area contributed by atoms with Gasteiger partial charge in [0, 0.05) is 26.3 Å². The molecule has 18 heavy (non-hydrogen) atoms. The molecule has 1 aromatic rings. The van der Waals surface area contributed by atoms with Crippen LogP contribution in [-0.2, 0) is 4.74 Å². The topological polar surface area (TPSA) is 59.0 Å². The van der Waals surface area contributed by atoms with Gasteiger partial charge in [0.05, 0.1) is 19.8 Å². The van der Waals surface area contributed by atoms with Crippen LogP contribution in [0.25, 0.3) is 0 Å². The molecule has 5 nitrogen and oxygen atoms in total. The van der Waals surface area contributed by atoms with E-state index in [4.69, 9.17) is 9.47 Å². The summed E-state index contributed by atoms with van der Waals surface area (Å²) < 4.78 is 9.88. The summed E-state index contributed by atoms with van der Waals surface area (Å²) in [7, 11) is 4.70. The summed E-state index contributed by atoms with van der Waals surface area (Å²) in [5.74, 6) is 0.468. The third-order valence-electron chi connectivity index (χ3n) is 2.51. The van der Waals surface area contributed by atoms with Gasteiger partial charge in [-0.15, -0.1) is 0 Å². The standard InChI is InChI=1S/C13H19NO4/c1-14(8-11(15)9-17-2)13(16)10-5-4-6-12(7-10)18-3/h4-7,11,15H,8-9H2,1-3H3. The summed E-state index contributed by atoms with van der Waals surface area (Å²) in [6, 6.07) is 6.91. The van der Waals surface area contributed by atoms with Gasteiger partial charge < -0.3 is 19.5 Å². The summed E-state index contributed by atoms with van der Waals surface area (Å²) in [5, 5.41) is 9.57. The molecule has 0 aliphatic rings. The normalized spacial score (nSPS) is 12.0. The van der Waals surface area contributed by atoms with E-state index < -0.39 is 6.10 Å². The van der Waals surface area contributed by atoms with E-state index in [1.807, 2.05) is 0 Å². The lowest BCUT2D eigenvalue weighted by molar-refractivity contribution is 0.0380. The first-order chi connectivity index (χ1) is 8.58. The first-order valence-corrected chi connectivity index (χ1v) is 5.65. The lowest BCUT2D eigenvalue weighted by atomic mass is 10.2. The van der Waals surface area contributed by atoms with Crippen molar-refractivity contribution in [2.24, 2.45) is 0 Å². The Morgan fingerprint density at radius 1 is 1.44 bits per heavy atom. The fourth-order valence-corrected chi connectivity index (χ4v) is 1.62. The number of nitrogens with zero attached hydrogens (tertiary/aromatic N) is 1. The van der Waals surface area contributed by atoms with Gasteiger partial charge in [-0.1, -0.05) is 6.07 Å². The molecule has 1 rings (SSSR count). The SMILES string of the molecule is COCC(O)CN(C)C(=O)c1cccc(OC)c1. The lowest BCUT2D eigenvalue weighted by Gasteiger charge is -2.20. The molecule has 0 bridgehead atoms. The van der Waals surface area contributed by atoms with Gasteiger partial charge in [-0.2, -0.15) is 0 Å². The molecule has 100 valence electrons. The number of hydrogen-bond acceptors (Lipinski definition) is 4. The van der Waals surface area contributed by atoms with Crippen molar-refractivity contribution >= 4 is 5.91 Å². The van der Waals surface area contributed by atoms with E-state index in [2.05, 4.69) is 0 Å². The van der Waals surface area contributed by atoms with E-state index in [0.29, 0.717) is 11.3 Å². The molecule has 0 aromatic heterocycles. The molecule has 5 heteroatoms. The molecule has 0 aliphatic heterocycles. The van der Waals surface area contributed by atoms with Crippen molar-refractivity contribution < 1.29 is 19.4 Å². The van der Waals surface area contributed by atoms with Crippen LogP contribution < -0.4 is 4.74 Å². The van der Waals surface area contributed by atoms with Crippen LogP contribution in [0.3, 0.4) is 0 Å². The number of rotatable bonds is 6. The summed E-state index contributed by atoms with van der Waals surface area (Å²) in [4.78, 5) is 13.5. The predicted octanol–water partition coefficient (Wildman–Crippen LogP) is 0.774. The number of amides is 1. The zero-order valence-corrected chi connectivity index (χ0v) is 10.9. The van der Waals surface area contributed by atoms with Crippen LogP contribution in [0.5, 0.6) is 5.75 Å². The number of benzene rings is 1. The van der Waals surface area contributed by atoms with E-state index in [1.165, 1.54) is 12.0 Å². The second-order valence-electron chi connectivity index (χ2n) is 4.03. The highest BCUT2D eigenvalue weighted by Gasteiger charge is 2.15. The van der Waals surface area contributed by atoms with Gasteiger partial charge in [-0.25, -0.2) is 0 Å². The van der Waals surface area contributed by atoms with Gasteiger partial charge in [-0.3, -0.25) is 4.79 Å². The van der Waals surface area contributed by atoms with Crippen LogP contribution in [0.2, 0.25) is 0 Å². The summed E-state index contributed by atoms with van der Waals surface area (Å²) in [6.45, 7) is 0.430. The van der Waals surface area contributed by atoms with Gasteiger partial charge in [0.2, 0.25) is 0 Å². The quantitative estimate of drug-likeness (QED) is 0.813. The third kappa shape index (κ3) is 4.01. The molecule has 1 amide bonds. The maximum Gasteiger partial charge on any atom is 0.253 e. The second kappa shape index (κ2) is 6.98. The van der Waals surface area contributed by atoms with Crippen molar-refractivity contribution in [1.29, 1.82) is 0 Å². The van der Waals surface area contributed by atoms with Gasteiger partial charge >= 0.3 is 0 Å². The minimum absolute atomic E-state index is 0.163. The van der Waals surface area contributed by atoms with E-state index in [-0.39, 0.29) is 19.1 Å². The molecule has 1 aromatic carbocycles. The van der Waals surface area contributed by atoms with Crippen LogP contribution in [0.1, 0.15) is 10.4 Å². The fourth-order valence-electron chi connectivity index (χ4n) is 1.62. The van der Waals surface area contributed by atoms with Crippen LogP contribution in [0, 0.1) is 0 Å². The number of methoxy groups -OCH3 is 2. The number of aliphatic hydroxyl groups excluding tert-OH is 1. The fraction of sp³-hybridized carbons (Fsp3) is 0.462. The van der Waals surface area contributed by atoms with Crippen LogP contribution in [0.4, 0.5) is 0 Å². The molecule has 1 atom stereocenters. The number of likely N-dealkylation sites (N-methyl/N-ethyl adjacent to an activating group) is 1. The van der Waals surface area contributed by atoms with Crippen molar-refractivity contribution in [3.63, 3.8) is 0 Å². The van der Waals surface area contributed by atoms with Gasteiger partial charge in [0.15, 0.2) is 0 Å². The van der Waals surface area contributed by atoms with Crippen molar-refractivity contribution in [3.8, 4) is 5.75 Å². The monoisotopic (exact) mass is 253 g/mol. The Balaban J connectivity index is 2.67. The average molecular weight is 253 g/mol. The molecule has 0 radical (unpaired) electrons. The zero-order valence-electron chi connectivity index (χ0n) is 10.9. The molecular weight excluding hydrogens is 234 g/mol. The molecule has 0 spiro atoms. The molecule has 0 saturated heterocycles. The molecule has 0 fully saturated rings. The molecule has 1 N–H and O–H groups in total. The Bertz CT molecular complexity index is 394. The number of aliphatic hydroxyl groups is 1. The van der Waals surface area contributed by atoms with Crippen molar-refractivity contribution in [2.45, 2.75) is 6.10 Å². The Kier molecular flexibility index (Phi) is 5.61. The second-order valence-corrected chi connectivity index (χ2v) is 4.03. The van der Waals surface area contributed by atoms with Crippen LogP contribution in [0.15, 0.2) is 24.3 Å². The lowest BCUT2D eigenvalue weighted by Crippen LogP contribution is -2.36. The van der Waals surface area contributed by atoms with E-state index in [0.717, 1.165) is 0 Å². The molecule has 1 unspecified atom stereocenters. The Hall–Kier alpha value is -1.59. The van der Waals surface area contributed by atoms with Crippen LogP contribution in [-0.4, -0.2) is 56.4 Å². The molecular formula is C13H19NO4. The molecule has 0 saturated carbocycles. The smallest absolute Gasteiger partial charge is 0.253 e. The van der Waals surface area contributed by atoms with Gasteiger partial charge in [0.1, 0.15) is 5.75 Å². The van der Waals surface area contributed by atoms with E-state index in [9.17, 15) is 9.90 Å². The first kappa shape index (κ1) is 14.5. The number of hydrogen-bond donors (Lipinski definition) is 1. The van der Waals surface area contributed by atoms with E-state index in [1.54, 1.807) is 38.4 Å². The minimum atomic E-state index is -0.686. The van der Waals surface area contributed by atoms with Crippen molar-refractivity contribution in [3.05, 3.63) is 29.8 Å². The summed E-state index contributed by atoms with van der Waals surface area (Å²) in [5.41, 5.74) is 0.529. The Morgan fingerprint density at radius 2 is 2.17 bits per heavy atom. The van der Waals surface area contributed by atoms with Crippen molar-refractivity contribution in [1.82, 2.24) is 4.90 Å². The highest BCUT2D eigenvalue weighted by molar-refractivity contribution is 5.94. The highest BCUT2D eigenvalue weighted by Crippen LogP contribution is 2.14. The third-order valence-corrected chi connectivity index (χ3v) is 2.51. The predicted molar refractivity (Wildman–Crippen MR) is 67.8 cm³/mol. The Labute approximate surface area is 107 Å². The number of carbonyl (C=O) groups is 1. The summed E-state index contributed by atoms with van der Waals surface area (Å²) >= 11 is 0. The highest BCUT2D eigenvalue weighted by atomic mass is 16.5. The molecule has 0 heterocycles. The van der Waals surface area contributed by atoms with Gasteiger partial charge in [-0.05, 0) is 18.2 Å². The summed E-state index contributed by atoms with van der Waals surface area (Å²) in [6.07, 6.45) is -0.686. The van der Waals surface area contributed by atoms with E-state index >= 15 is 0 Å². The maximum absolute atomic E-state index is 12.1. The van der Waals surface area contributed by atoms with Gasteiger partial charge in [0.25, 0.3) is 5.91 Å². The van der Waals surface area contributed by atoms with Crippen LogP contribution >= 0.6 is 0 Å². The average Bonchev–Trinajstić information content (AvgIpc) is 2.38. The zero-order chi connectivity index (χ0) is 13.5. The Morgan fingerprint density at radius 3 is 2.78 bits per heavy atom. The molecule has 0 aliphatic carbocycles. The largest absolute Gasteiger partial charge is 0.497 e.